The quantitative estimate of drug-likeness (QED) is 0.523. The molecule has 2 N–H and O–H groups in total. The van der Waals surface area contributed by atoms with Crippen LogP contribution in [0.25, 0.3) is 0 Å². The number of nitro groups is 1. The Balaban J connectivity index is 2.34. The molecule has 0 aromatic heterocycles. The molecule has 0 spiro atoms. The average molecular weight is 421 g/mol. The number of benzene rings is 2. The van der Waals surface area contributed by atoms with Gasteiger partial charge in [-0.15, -0.1) is 0 Å². The van der Waals surface area contributed by atoms with E-state index < -0.39 is 36.7 Å². The summed E-state index contributed by atoms with van der Waals surface area (Å²) in [7, 11) is -4.97. The fourth-order valence-corrected chi connectivity index (χ4v) is 3.43. The summed E-state index contributed by atoms with van der Waals surface area (Å²) >= 11 is 6.04. The van der Waals surface area contributed by atoms with E-state index in [4.69, 9.17) is 11.6 Å². The van der Waals surface area contributed by atoms with Crippen molar-refractivity contribution in [3.05, 3.63) is 63.2 Å². The summed E-state index contributed by atoms with van der Waals surface area (Å²) < 4.78 is 48.3. The van der Waals surface area contributed by atoms with Crippen molar-refractivity contribution in [2.75, 3.05) is 11.9 Å². The highest BCUT2D eigenvalue weighted by molar-refractivity contribution is 7.91. The smallest absolute Gasteiger partial charge is 0.341 e. The summed E-state index contributed by atoms with van der Waals surface area (Å²) in [6, 6.07) is 8.85. The fourth-order valence-electron chi connectivity index (χ4n) is 2.35. The maximum Gasteiger partial charge on any atom is 0.341 e. The molecule has 0 saturated heterocycles. The number of hydrogen-bond acceptors (Lipinski definition) is 6. The maximum absolute atomic E-state index is 12.6. The molecule has 0 aliphatic carbocycles. The van der Waals surface area contributed by atoms with Crippen LogP contribution in [0.1, 0.15) is 12.5 Å². The lowest BCUT2D eigenvalue weighted by atomic mass is 9.96. The van der Waals surface area contributed by atoms with Crippen molar-refractivity contribution in [3.63, 3.8) is 0 Å². The number of hydrogen-bond donors (Lipinski definition) is 2. The normalized spacial score (nSPS) is 14.0. The van der Waals surface area contributed by atoms with Gasteiger partial charge in [-0.25, -0.2) is 8.42 Å². The summed E-state index contributed by atoms with van der Waals surface area (Å²) in [5.74, 6) is -3.70. The van der Waals surface area contributed by atoms with Crippen molar-refractivity contribution in [1.82, 2.24) is 0 Å². The van der Waals surface area contributed by atoms with Gasteiger partial charge >= 0.3 is 5.76 Å². The molecule has 27 heavy (non-hydrogen) atoms. The van der Waals surface area contributed by atoms with Crippen LogP contribution in [0.3, 0.4) is 0 Å². The molecule has 7 nitrogen and oxygen atoms in total. The largest absolute Gasteiger partial charge is 0.384 e. The van der Waals surface area contributed by atoms with Gasteiger partial charge in [0, 0.05) is 23.2 Å². The topological polar surface area (TPSA) is 110 Å². The summed E-state index contributed by atoms with van der Waals surface area (Å²) in [6.45, 7) is 1.22. The maximum atomic E-state index is 12.6. The van der Waals surface area contributed by atoms with Crippen molar-refractivity contribution in [3.8, 4) is 0 Å². The Morgan fingerprint density at radius 2 is 1.93 bits per heavy atom. The van der Waals surface area contributed by atoms with E-state index in [0.29, 0.717) is 11.6 Å². The van der Waals surface area contributed by atoms with Crippen LogP contribution in [0.2, 0.25) is 5.02 Å². The Bertz CT molecular complexity index is 967. The van der Waals surface area contributed by atoms with E-state index in [2.05, 4.69) is 5.32 Å². The molecule has 1 atom stereocenters. The number of anilines is 1. The highest BCUT2D eigenvalue weighted by atomic mass is 35.5. The number of aliphatic hydroxyl groups is 1. The van der Waals surface area contributed by atoms with Crippen LogP contribution in [0, 0.1) is 10.1 Å². The van der Waals surface area contributed by atoms with Crippen molar-refractivity contribution in [1.29, 1.82) is 0 Å². The van der Waals surface area contributed by atoms with E-state index in [9.17, 15) is 32.4 Å². The van der Waals surface area contributed by atoms with Crippen molar-refractivity contribution >= 4 is 32.8 Å². The van der Waals surface area contributed by atoms with Crippen molar-refractivity contribution < 1.29 is 27.2 Å². The summed E-state index contributed by atoms with van der Waals surface area (Å²) in [5.41, 5.74) is -1.99. The van der Waals surface area contributed by atoms with E-state index in [1.54, 1.807) is 24.3 Å². The van der Waals surface area contributed by atoms with Crippen LogP contribution in [-0.4, -0.2) is 30.7 Å². The summed E-state index contributed by atoms with van der Waals surface area (Å²) in [4.78, 5) is 9.45. The third kappa shape index (κ3) is 4.52. The van der Waals surface area contributed by atoms with Gasteiger partial charge in [0.1, 0.15) is 11.3 Å². The molecule has 146 valence electrons. The number of nitro benzene ring substituents is 1. The number of halogens is 3. The van der Waals surface area contributed by atoms with Gasteiger partial charge < -0.3 is 10.4 Å². The molecule has 0 bridgehead atoms. The molecule has 0 saturated carbocycles. The van der Waals surface area contributed by atoms with Gasteiger partial charge in [-0.3, -0.25) is 10.1 Å². The Morgan fingerprint density at radius 1 is 1.30 bits per heavy atom. The fraction of sp³-hybridized carbons (Fsp3) is 0.250. The second kappa shape index (κ2) is 7.75. The van der Waals surface area contributed by atoms with Gasteiger partial charge in [0.2, 0.25) is 9.84 Å². The Kier molecular flexibility index (Phi) is 6.03. The SMILES string of the molecule is CC(O)(CNc1ccc(S(=O)(=O)C(F)F)cc1[N+](=O)[O-])c1ccccc1Cl. The first-order valence-corrected chi connectivity index (χ1v) is 9.41. The monoisotopic (exact) mass is 420 g/mol. The van der Waals surface area contributed by atoms with E-state index in [-0.39, 0.29) is 17.3 Å². The van der Waals surface area contributed by atoms with Gasteiger partial charge in [0.25, 0.3) is 5.69 Å². The lowest BCUT2D eigenvalue weighted by Gasteiger charge is -2.25. The number of rotatable bonds is 7. The first kappa shape index (κ1) is 21.0. The highest BCUT2D eigenvalue weighted by Crippen LogP contribution is 2.32. The zero-order valence-corrected chi connectivity index (χ0v) is 15.5. The van der Waals surface area contributed by atoms with Crippen LogP contribution >= 0.6 is 11.6 Å². The Hall–Kier alpha value is -2.30. The minimum Gasteiger partial charge on any atom is -0.384 e. The van der Waals surface area contributed by atoms with Crippen molar-refractivity contribution in [2.45, 2.75) is 23.2 Å². The van der Waals surface area contributed by atoms with Crippen LogP contribution in [0.15, 0.2) is 47.4 Å². The van der Waals surface area contributed by atoms with E-state index in [1.165, 1.54) is 6.92 Å². The van der Waals surface area contributed by atoms with Gasteiger partial charge in [0.15, 0.2) is 0 Å². The molecule has 0 amide bonds. The molecular weight excluding hydrogens is 406 g/mol. The van der Waals surface area contributed by atoms with Gasteiger partial charge in [-0.1, -0.05) is 29.8 Å². The highest BCUT2D eigenvalue weighted by Gasteiger charge is 2.30. The lowest BCUT2D eigenvalue weighted by Crippen LogP contribution is -2.31. The number of alkyl halides is 2. The Morgan fingerprint density at radius 3 is 2.48 bits per heavy atom. The molecule has 2 aromatic carbocycles. The molecule has 0 fully saturated rings. The van der Waals surface area contributed by atoms with Crippen LogP contribution in [0.4, 0.5) is 20.2 Å². The molecule has 0 heterocycles. The number of sulfone groups is 1. The van der Waals surface area contributed by atoms with Gasteiger partial charge in [-0.2, -0.15) is 8.78 Å². The molecule has 0 aliphatic rings. The third-order valence-electron chi connectivity index (χ3n) is 3.81. The molecular formula is C16H15ClF2N2O5S. The minimum absolute atomic E-state index is 0.138. The Labute approximate surface area is 158 Å². The summed E-state index contributed by atoms with van der Waals surface area (Å²) in [6.07, 6.45) is 0. The molecule has 0 radical (unpaired) electrons. The third-order valence-corrected chi connectivity index (χ3v) is 5.52. The zero-order valence-electron chi connectivity index (χ0n) is 13.9. The second-order valence-electron chi connectivity index (χ2n) is 5.85. The predicted molar refractivity (Wildman–Crippen MR) is 95.8 cm³/mol. The molecule has 0 aliphatic heterocycles. The van der Waals surface area contributed by atoms with Crippen LogP contribution in [-0.2, 0) is 15.4 Å². The predicted octanol–water partition coefficient (Wildman–Crippen LogP) is 3.56. The van der Waals surface area contributed by atoms with Gasteiger partial charge in [0.05, 0.1) is 9.82 Å². The standard InChI is InChI=1S/C16H15ClF2N2O5S/c1-16(22,11-4-2-3-5-12(11)17)9-20-13-7-6-10(8-14(13)21(23)24)27(25,26)15(18)19/h2-8,15,20,22H,9H2,1H3. The van der Waals surface area contributed by atoms with E-state index >= 15 is 0 Å². The second-order valence-corrected chi connectivity index (χ2v) is 8.17. The van der Waals surface area contributed by atoms with Gasteiger partial charge in [-0.05, 0) is 25.1 Å². The molecule has 2 aromatic rings. The zero-order chi connectivity index (χ0) is 20.4. The average Bonchev–Trinajstić information content (AvgIpc) is 2.59. The van der Waals surface area contributed by atoms with Crippen molar-refractivity contribution in [2.24, 2.45) is 0 Å². The molecule has 2 rings (SSSR count). The number of nitrogens with zero attached hydrogens (tertiary/aromatic N) is 1. The first-order valence-electron chi connectivity index (χ1n) is 7.48. The minimum atomic E-state index is -4.97. The van der Waals surface area contributed by atoms with E-state index in [1.807, 2.05) is 0 Å². The molecule has 11 heteroatoms. The van der Waals surface area contributed by atoms with E-state index in [0.717, 1.165) is 12.1 Å². The van der Waals surface area contributed by atoms with Crippen LogP contribution in [0.5, 0.6) is 0 Å². The first-order chi connectivity index (χ1) is 12.5. The molecule has 1 unspecified atom stereocenters. The number of nitrogens with one attached hydrogen (secondary N) is 1. The summed E-state index contributed by atoms with van der Waals surface area (Å²) in [5, 5.41) is 24.7. The van der Waals surface area contributed by atoms with Crippen LogP contribution < -0.4 is 5.32 Å². The lowest BCUT2D eigenvalue weighted by molar-refractivity contribution is -0.384.